The van der Waals surface area contributed by atoms with E-state index >= 15 is 0 Å². The summed E-state index contributed by atoms with van der Waals surface area (Å²) in [6.07, 6.45) is 8.59. The molecule has 0 saturated heterocycles. The van der Waals surface area contributed by atoms with E-state index in [0.717, 1.165) is 44.1 Å². The molecule has 162 valence electrons. The van der Waals surface area contributed by atoms with E-state index in [4.69, 9.17) is 9.47 Å². The fourth-order valence-electron chi connectivity index (χ4n) is 3.03. The maximum atomic E-state index is 12.3. The second kappa shape index (κ2) is 12.6. The van der Waals surface area contributed by atoms with Crippen LogP contribution in [0.2, 0.25) is 0 Å². The Morgan fingerprint density at radius 2 is 1.67 bits per heavy atom. The highest BCUT2D eigenvalue weighted by molar-refractivity contribution is 5.93. The predicted octanol–water partition coefficient (Wildman–Crippen LogP) is 5.44. The van der Waals surface area contributed by atoms with Gasteiger partial charge in [-0.15, -0.1) is 0 Å². The highest BCUT2D eigenvalue weighted by atomic mass is 16.5. The maximum Gasteiger partial charge on any atom is 0.358 e. The zero-order chi connectivity index (χ0) is 21.8. The van der Waals surface area contributed by atoms with E-state index in [1.807, 2.05) is 24.3 Å². The number of nitrogens with zero attached hydrogens (tertiary/aromatic N) is 1. The number of hydrogen-bond acceptors (Lipinski definition) is 5. The van der Waals surface area contributed by atoms with Gasteiger partial charge >= 0.3 is 11.9 Å². The summed E-state index contributed by atoms with van der Waals surface area (Å²) < 4.78 is 11.0. The van der Waals surface area contributed by atoms with Gasteiger partial charge in [0.15, 0.2) is 11.4 Å². The molecular formula is C24H31NO5. The van der Waals surface area contributed by atoms with Crippen molar-refractivity contribution >= 4 is 11.9 Å². The number of carbonyl (C=O) groups excluding carboxylic acids is 1. The molecule has 1 N–H and O–H groups in total. The molecule has 0 aliphatic rings. The van der Waals surface area contributed by atoms with Gasteiger partial charge in [-0.1, -0.05) is 70.2 Å². The van der Waals surface area contributed by atoms with Crippen molar-refractivity contribution in [2.45, 2.75) is 65.4 Å². The van der Waals surface area contributed by atoms with Crippen molar-refractivity contribution in [3.63, 3.8) is 0 Å². The molecule has 2 aromatic rings. The molecule has 0 radical (unpaired) electrons. The number of esters is 1. The number of aromatic nitrogens is 1. The van der Waals surface area contributed by atoms with Crippen molar-refractivity contribution in [2.24, 2.45) is 0 Å². The number of carboxylic acids is 1. The monoisotopic (exact) mass is 413 g/mol. The van der Waals surface area contributed by atoms with Gasteiger partial charge in [-0.3, -0.25) is 0 Å². The molecule has 0 aliphatic carbocycles. The largest absolute Gasteiger partial charge is 0.486 e. The van der Waals surface area contributed by atoms with Gasteiger partial charge in [0.05, 0.1) is 12.2 Å². The fraction of sp³-hybridized carbons (Fsp3) is 0.458. The van der Waals surface area contributed by atoms with Crippen LogP contribution in [-0.4, -0.2) is 28.6 Å². The van der Waals surface area contributed by atoms with Crippen molar-refractivity contribution in [1.29, 1.82) is 0 Å². The number of aromatic carboxylic acids is 1. The molecule has 0 saturated carbocycles. The standard InChI is InChI=1S/C24H31NO5/c1-3-5-6-7-8-14-29-24(28)20-15-21(22(23(26)27)25-16-20)30-17-19-12-10-18(9-4-2)11-13-19/h10-13,15-16H,3-9,14,17H2,1-2H3,(H,26,27). The summed E-state index contributed by atoms with van der Waals surface area (Å²) in [5.74, 6) is -1.68. The summed E-state index contributed by atoms with van der Waals surface area (Å²) in [5.41, 5.74) is 2.11. The van der Waals surface area contributed by atoms with Gasteiger partial charge in [-0.25, -0.2) is 14.6 Å². The van der Waals surface area contributed by atoms with Gasteiger partial charge in [-0.2, -0.15) is 0 Å². The third-order valence-electron chi connectivity index (χ3n) is 4.73. The Morgan fingerprint density at radius 3 is 2.33 bits per heavy atom. The van der Waals surface area contributed by atoms with Gasteiger partial charge in [0.25, 0.3) is 0 Å². The Morgan fingerprint density at radius 1 is 0.967 bits per heavy atom. The minimum Gasteiger partial charge on any atom is -0.486 e. The van der Waals surface area contributed by atoms with Crippen LogP contribution in [-0.2, 0) is 17.8 Å². The van der Waals surface area contributed by atoms with E-state index in [1.165, 1.54) is 24.2 Å². The summed E-state index contributed by atoms with van der Waals surface area (Å²) in [4.78, 5) is 27.6. The van der Waals surface area contributed by atoms with E-state index in [9.17, 15) is 14.7 Å². The molecule has 2 rings (SSSR count). The Kier molecular flexibility index (Phi) is 9.84. The number of pyridine rings is 1. The van der Waals surface area contributed by atoms with Crippen LogP contribution in [0.1, 0.15) is 84.3 Å². The average Bonchev–Trinajstić information content (AvgIpc) is 2.75. The summed E-state index contributed by atoms with van der Waals surface area (Å²) >= 11 is 0. The molecule has 1 aromatic heterocycles. The molecule has 6 nitrogen and oxygen atoms in total. The topological polar surface area (TPSA) is 85.7 Å². The van der Waals surface area contributed by atoms with Gasteiger partial charge in [0.2, 0.25) is 0 Å². The molecule has 1 heterocycles. The molecule has 6 heteroatoms. The lowest BCUT2D eigenvalue weighted by Crippen LogP contribution is -2.11. The molecule has 0 spiro atoms. The molecule has 0 bridgehead atoms. The molecule has 30 heavy (non-hydrogen) atoms. The first-order chi connectivity index (χ1) is 14.5. The highest BCUT2D eigenvalue weighted by Crippen LogP contribution is 2.21. The number of carbonyl (C=O) groups is 2. The normalized spacial score (nSPS) is 10.6. The molecule has 0 fully saturated rings. The third kappa shape index (κ3) is 7.50. The molecule has 0 amide bonds. The van der Waals surface area contributed by atoms with E-state index in [1.54, 1.807) is 0 Å². The molecule has 0 aliphatic heterocycles. The van der Waals surface area contributed by atoms with Crippen LogP contribution in [0, 0.1) is 0 Å². The SMILES string of the molecule is CCCCCCCOC(=O)c1cnc(C(=O)O)c(OCc2ccc(CCC)cc2)c1. The quantitative estimate of drug-likeness (QED) is 0.348. The Bertz CT molecular complexity index is 817. The van der Waals surface area contributed by atoms with Gasteiger partial charge < -0.3 is 14.6 Å². The van der Waals surface area contributed by atoms with Crippen molar-refractivity contribution in [3.8, 4) is 5.75 Å². The van der Waals surface area contributed by atoms with Crippen molar-refractivity contribution in [1.82, 2.24) is 4.98 Å². The minimum absolute atomic E-state index is 0.0533. The van der Waals surface area contributed by atoms with Crippen LogP contribution >= 0.6 is 0 Å². The van der Waals surface area contributed by atoms with Gasteiger partial charge in [0.1, 0.15) is 6.61 Å². The Hall–Kier alpha value is -2.89. The number of benzene rings is 1. The summed E-state index contributed by atoms with van der Waals surface area (Å²) in [6, 6.07) is 9.37. The first kappa shape index (κ1) is 23.4. The lowest BCUT2D eigenvalue weighted by molar-refractivity contribution is 0.0495. The number of aryl methyl sites for hydroxylation is 1. The molecule has 0 atom stereocenters. The van der Waals surface area contributed by atoms with E-state index in [0.29, 0.717) is 6.61 Å². The lowest BCUT2D eigenvalue weighted by Gasteiger charge is -2.11. The van der Waals surface area contributed by atoms with Crippen LogP contribution in [0.5, 0.6) is 5.75 Å². The van der Waals surface area contributed by atoms with E-state index in [-0.39, 0.29) is 23.6 Å². The van der Waals surface area contributed by atoms with Crippen molar-refractivity contribution in [2.75, 3.05) is 6.61 Å². The predicted molar refractivity (Wildman–Crippen MR) is 115 cm³/mol. The summed E-state index contributed by atoms with van der Waals surface area (Å²) in [6.45, 7) is 4.80. The first-order valence-corrected chi connectivity index (χ1v) is 10.7. The summed E-state index contributed by atoms with van der Waals surface area (Å²) in [7, 11) is 0. The van der Waals surface area contributed by atoms with Crippen LogP contribution in [0.4, 0.5) is 0 Å². The van der Waals surface area contributed by atoms with Crippen LogP contribution in [0.3, 0.4) is 0 Å². The Balaban J connectivity index is 1.99. The van der Waals surface area contributed by atoms with Gasteiger partial charge in [-0.05, 0) is 30.0 Å². The third-order valence-corrected chi connectivity index (χ3v) is 4.73. The van der Waals surface area contributed by atoms with Crippen LogP contribution in [0.15, 0.2) is 36.5 Å². The average molecular weight is 414 g/mol. The van der Waals surface area contributed by atoms with E-state index < -0.39 is 11.9 Å². The van der Waals surface area contributed by atoms with Crippen molar-refractivity contribution in [3.05, 3.63) is 58.9 Å². The zero-order valence-electron chi connectivity index (χ0n) is 17.9. The Labute approximate surface area is 178 Å². The molecule has 0 unspecified atom stereocenters. The first-order valence-electron chi connectivity index (χ1n) is 10.7. The summed E-state index contributed by atoms with van der Waals surface area (Å²) in [5, 5.41) is 9.37. The van der Waals surface area contributed by atoms with Crippen LogP contribution < -0.4 is 4.74 Å². The van der Waals surface area contributed by atoms with Gasteiger partial charge in [0, 0.05) is 6.20 Å². The van der Waals surface area contributed by atoms with Crippen molar-refractivity contribution < 1.29 is 24.2 Å². The van der Waals surface area contributed by atoms with Crippen LogP contribution in [0.25, 0.3) is 0 Å². The smallest absolute Gasteiger partial charge is 0.358 e. The lowest BCUT2D eigenvalue weighted by atomic mass is 10.1. The van der Waals surface area contributed by atoms with E-state index in [2.05, 4.69) is 18.8 Å². The molecular weight excluding hydrogens is 382 g/mol. The minimum atomic E-state index is -1.21. The number of unbranched alkanes of at least 4 members (excludes halogenated alkanes) is 4. The number of rotatable bonds is 13. The number of hydrogen-bond donors (Lipinski definition) is 1. The molecule has 1 aromatic carbocycles. The second-order valence-corrected chi connectivity index (χ2v) is 7.28. The second-order valence-electron chi connectivity index (χ2n) is 7.28. The number of carboxylic acid groups (broad SMARTS) is 1. The highest BCUT2D eigenvalue weighted by Gasteiger charge is 2.18. The zero-order valence-corrected chi connectivity index (χ0v) is 17.9. The number of ether oxygens (including phenoxy) is 2. The fourth-order valence-corrected chi connectivity index (χ4v) is 3.03. The maximum absolute atomic E-state index is 12.3.